The second kappa shape index (κ2) is 4.13. The van der Waals surface area contributed by atoms with Crippen molar-refractivity contribution in [2.24, 2.45) is 4.99 Å². The molecule has 0 amide bonds. The fourth-order valence-corrected chi connectivity index (χ4v) is 1.88. The van der Waals surface area contributed by atoms with Crippen LogP contribution in [0.4, 0.5) is 5.69 Å². The molecular formula is C11H13BrN2. The third-order valence-corrected chi connectivity index (χ3v) is 2.97. The van der Waals surface area contributed by atoms with Gasteiger partial charge in [0.05, 0.1) is 5.69 Å². The zero-order valence-corrected chi connectivity index (χ0v) is 9.76. The van der Waals surface area contributed by atoms with Gasteiger partial charge in [0.15, 0.2) is 0 Å². The van der Waals surface area contributed by atoms with Gasteiger partial charge in [-0.25, -0.2) is 0 Å². The molecular weight excluding hydrogens is 240 g/mol. The normalized spacial score (nSPS) is 15.4. The Kier molecular flexibility index (Phi) is 2.87. The summed E-state index contributed by atoms with van der Waals surface area (Å²) in [7, 11) is 0. The summed E-state index contributed by atoms with van der Waals surface area (Å²) in [6.45, 7) is 3.06. The average molecular weight is 253 g/mol. The first-order chi connectivity index (χ1) is 6.75. The number of rotatable bonds is 1. The molecule has 0 saturated heterocycles. The van der Waals surface area contributed by atoms with Gasteiger partial charge in [0, 0.05) is 17.4 Å². The predicted molar refractivity (Wildman–Crippen MR) is 64.0 cm³/mol. The molecule has 1 aromatic rings. The molecule has 0 bridgehead atoms. The highest BCUT2D eigenvalue weighted by molar-refractivity contribution is 9.10. The average Bonchev–Trinajstić information content (AvgIpc) is 2.64. The molecule has 1 N–H and O–H groups in total. The quantitative estimate of drug-likeness (QED) is 0.815. The van der Waals surface area contributed by atoms with Crippen LogP contribution in [-0.4, -0.2) is 12.4 Å². The van der Waals surface area contributed by atoms with Crippen LogP contribution in [0.3, 0.4) is 0 Å². The largest absolute Gasteiger partial charge is 0.343 e. The van der Waals surface area contributed by atoms with Crippen molar-refractivity contribution in [2.75, 3.05) is 11.9 Å². The van der Waals surface area contributed by atoms with Gasteiger partial charge < -0.3 is 5.32 Å². The standard InChI is InChI=1S/C11H13BrN2/c1-8-4-5-9(12)10(7-8)14-11-3-2-6-13-11/h4-5,7H,2-3,6H2,1H3,(H,13,14). The lowest BCUT2D eigenvalue weighted by Gasteiger charge is -2.08. The number of anilines is 1. The minimum absolute atomic E-state index is 0.964. The van der Waals surface area contributed by atoms with Crippen molar-refractivity contribution < 1.29 is 0 Å². The van der Waals surface area contributed by atoms with Crippen LogP contribution in [0.1, 0.15) is 18.4 Å². The Hall–Kier alpha value is -0.830. The van der Waals surface area contributed by atoms with E-state index in [4.69, 9.17) is 0 Å². The van der Waals surface area contributed by atoms with Gasteiger partial charge in [-0.1, -0.05) is 6.07 Å². The van der Waals surface area contributed by atoms with Crippen LogP contribution in [-0.2, 0) is 0 Å². The third kappa shape index (κ3) is 2.15. The van der Waals surface area contributed by atoms with E-state index >= 15 is 0 Å². The molecule has 0 spiro atoms. The molecule has 0 saturated carbocycles. The van der Waals surface area contributed by atoms with Crippen molar-refractivity contribution in [3.05, 3.63) is 28.2 Å². The first-order valence-corrected chi connectivity index (χ1v) is 5.61. The Labute approximate surface area is 92.6 Å². The van der Waals surface area contributed by atoms with Crippen molar-refractivity contribution >= 4 is 27.5 Å². The molecule has 0 radical (unpaired) electrons. The van der Waals surface area contributed by atoms with E-state index in [2.05, 4.69) is 51.4 Å². The van der Waals surface area contributed by atoms with E-state index in [1.54, 1.807) is 0 Å². The second-order valence-corrected chi connectivity index (χ2v) is 4.39. The fourth-order valence-electron chi connectivity index (χ4n) is 1.53. The lowest BCUT2D eigenvalue weighted by atomic mass is 10.2. The molecule has 3 heteroatoms. The SMILES string of the molecule is Cc1ccc(Br)c(NC2=NCCC2)c1. The van der Waals surface area contributed by atoms with E-state index in [9.17, 15) is 0 Å². The number of nitrogens with zero attached hydrogens (tertiary/aromatic N) is 1. The molecule has 1 aliphatic rings. The molecule has 0 atom stereocenters. The highest BCUT2D eigenvalue weighted by Gasteiger charge is 2.07. The van der Waals surface area contributed by atoms with E-state index in [0.717, 1.165) is 29.0 Å². The second-order valence-electron chi connectivity index (χ2n) is 3.54. The van der Waals surface area contributed by atoms with Crippen LogP contribution in [0.15, 0.2) is 27.7 Å². The number of hydrogen-bond acceptors (Lipinski definition) is 2. The van der Waals surface area contributed by atoms with Crippen molar-refractivity contribution in [2.45, 2.75) is 19.8 Å². The Bertz CT molecular complexity index is 372. The number of benzene rings is 1. The van der Waals surface area contributed by atoms with Crippen molar-refractivity contribution in [3.63, 3.8) is 0 Å². The summed E-state index contributed by atoms with van der Waals surface area (Å²) in [6.07, 6.45) is 2.24. The van der Waals surface area contributed by atoms with E-state index in [0.29, 0.717) is 0 Å². The summed E-state index contributed by atoms with van der Waals surface area (Å²) in [5.74, 6) is 1.11. The number of halogens is 1. The number of amidine groups is 1. The number of aliphatic imine (C=N–C) groups is 1. The van der Waals surface area contributed by atoms with E-state index < -0.39 is 0 Å². The Morgan fingerprint density at radius 3 is 3.00 bits per heavy atom. The first-order valence-electron chi connectivity index (χ1n) is 4.82. The summed E-state index contributed by atoms with van der Waals surface area (Å²) in [4.78, 5) is 4.39. The van der Waals surface area contributed by atoms with Gasteiger partial charge >= 0.3 is 0 Å². The van der Waals surface area contributed by atoms with Gasteiger partial charge in [-0.2, -0.15) is 0 Å². The molecule has 1 aromatic carbocycles. The predicted octanol–water partition coefficient (Wildman–Crippen LogP) is 3.36. The number of nitrogens with one attached hydrogen (secondary N) is 1. The molecule has 1 aliphatic heterocycles. The van der Waals surface area contributed by atoms with Gasteiger partial charge in [0.1, 0.15) is 5.84 Å². The summed E-state index contributed by atoms with van der Waals surface area (Å²) in [5.41, 5.74) is 2.37. The summed E-state index contributed by atoms with van der Waals surface area (Å²) in [6, 6.07) is 6.28. The summed E-state index contributed by atoms with van der Waals surface area (Å²) >= 11 is 3.52. The Balaban J connectivity index is 2.19. The number of aryl methyl sites for hydroxylation is 1. The summed E-state index contributed by atoms with van der Waals surface area (Å²) in [5, 5.41) is 3.35. The molecule has 2 nitrogen and oxygen atoms in total. The fraction of sp³-hybridized carbons (Fsp3) is 0.364. The molecule has 0 aliphatic carbocycles. The molecule has 0 fully saturated rings. The Morgan fingerprint density at radius 1 is 1.43 bits per heavy atom. The smallest absolute Gasteiger partial charge is 0.101 e. The summed E-state index contributed by atoms with van der Waals surface area (Å²) < 4.78 is 1.10. The minimum Gasteiger partial charge on any atom is -0.343 e. The lowest BCUT2D eigenvalue weighted by Crippen LogP contribution is -2.08. The van der Waals surface area contributed by atoms with Crippen LogP contribution in [0.2, 0.25) is 0 Å². The van der Waals surface area contributed by atoms with Gasteiger partial charge in [-0.05, 0) is 47.0 Å². The molecule has 0 aromatic heterocycles. The number of hydrogen-bond donors (Lipinski definition) is 1. The maximum Gasteiger partial charge on any atom is 0.101 e. The van der Waals surface area contributed by atoms with Crippen LogP contribution in [0.25, 0.3) is 0 Å². The van der Waals surface area contributed by atoms with Crippen molar-refractivity contribution in [3.8, 4) is 0 Å². The molecule has 1 heterocycles. The van der Waals surface area contributed by atoms with Gasteiger partial charge in [0.2, 0.25) is 0 Å². The van der Waals surface area contributed by atoms with Crippen LogP contribution >= 0.6 is 15.9 Å². The lowest BCUT2D eigenvalue weighted by molar-refractivity contribution is 0.951. The van der Waals surface area contributed by atoms with Crippen molar-refractivity contribution in [1.29, 1.82) is 0 Å². The van der Waals surface area contributed by atoms with E-state index in [-0.39, 0.29) is 0 Å². The van der Waals surface area contributed by atoms with Gasteiger partial charge in [0.25, 0.3) is 0 Å². The zero-order chi connectivity index (χ0) is 9.97. The van der Waals surface area contributed by atoms with Crippen LogP contribution in [0, 0.1) is 6.92 Å². The molecule has 0 unspecified atom stereocenters. The molecule has 14 heavy (non-hydrogen) atoms. The maximum atomic E-state index is 4.39. The molecule has 74 valence electrons. The Morgan fingerprint density at radius 2 is 2.29 bits per heavy atom. The highest BCUT2D eigenvalue weighted by atomic mass is 79.9. The minimum atomic E-state index is 0.964. The van der Waals surface area contributed by atoms with Crippen LogP contribution < -0.4 is 5.32 Å². The van der Waals surface area contributed by atoms with E-state index in [1.165, 1.54) is 12.0 Å². The monoisotopic (exact) mass is 252 g/mol. The van der Waals surface area contributed by atoms with Gasteiger partial charge in [-0.15, -0.1) is 0 Å². The first kappa shape index (κ1) is 9.71. The van der Waals surface area contributed by atoms with Gasteiger partial charge in [-0.3, -0.25) is 4.99 Å². The highest BCUT2D eigenvalue weighted by Crippen LogP contribution is 2.24. The molecule has 2 rings (SSSR count). The topological polar surface area (TPSA) is 24.4 Å². The van der Waals surface area contributed by atoms with Crippen molar-refractivity contribution in [1.82, 2.24) is 0 Å². The van der Waals surface area contributed by atoms with Crippen LogP contribution in [0.5, 0.6) is 0 Å². The zero-order valence-electron chi connectivity index (χ0n) is 8.18. The third-order valence-electron chi connectivity index (χ3n) is 2.28. The van der Waals surface area contributed by atoms with E-state index in [1.807, 2.05) is 0 Å². The maximum absolute atomic E-state index is 4.39.